The molecule has 2 heterocycles. The van der Waals surface area contributed by atoms with Gasteiger partial charge in [-0.05, 0) is 160 Å². The van der Waals surface area contributed by atoms with Gasteiger partial charge in [0, 0.05) is 50.9 Å². The van der Waals surface area contributed by atoms with Gasteiger partial charge < -0.3 is 9.80 Å². The number of para-hydroxylation sites is 3. The minimum absolute atomic E-state index is 0.0894. The third-order valence-electron chi connectivity index (χ3n) is 14.9. The van der Waals surface area contributed by atoms with Gasteiger partial charge in [-0.15, -0.1) is 0 Å². The highest BCUT2D eigenvalue weighted by molar-refractivity contribution is 5.99. The van der Waals surface area contributed by atoms with Crippen molar-refractivity contribution in [1.29, 1.82) is 0 Å². The summed E-state index contributed by atoms with van der Waals surface area (Å²) in [6, 6.07) is 42.0. The molecule has 0 fully saturated rings. The Morgan fingerprint density at radius 1 is 0.552 bits per heavy atom. The van der Waals surface area contributed by atoms with Gasteiger partial charge in [0.15, 0.2) is 0 Å². The molecule has 0 spiro atoms. The Kier molecular flexibility index (Phi) is 7.27. The lowest BCUT2D eigenvalue weighted by Gasteiger charge is -2.33. The number of nitrogens with zero attached hydrogens (tertiary/aromatic N) is 2. The van der Waals surface area contributed by atoms with Crippen LogP contribution in [0, 0.1) is 5.92 Å². The molecule has 1 unspecified atom stereocenters. The number of fused-ring (bicyclic) bond motifs is 10. The van der Waals surface area contributed by atoms with Crippen molar-refractivity contribution in [1.82, 2.24) is 0 Å². The van der Waals surface area contributed by atoms with E-state index in [0.717, 1.165) is 44.9 Å². The molecule has 2 heteroatoms. The monoisotopic (exact) mass is 750 g/mol. The number of benzene rings is 5. The molecule has 0 N–H and O–H groups in total. The Labute approximate surface area is 343 Å². The molecule has 0 bridgehead atoms. The number of hydrogen-bond acceptors (Lipinski definition) is 2. The van der Waals surface area contributed by atoms with Crippen molar-refractivity contribution in [3.63, 3.8) is 0 Å². The van der Waals surface area contributed by atoms with Crippen molar-refractivity contribution in [3.05, 3.63) is 207 Å². The summed E-state index contributed by atoms with van der Waals surface area (Å²) >= 11 is 0. The molecule has 12 rings (SSSR count). The van der Waals surface area contributed by atoms with Crippen LogP contribution in [0.25, 0.3) is 11.1 Å². The summed E-state index contributed by atoms with van der Waals surface area (Å²) in [6.45, 7) is 9.83. The molecule has 0 amide bonds. The quantitative estimate of drug-likeness (QED) is 0.177. The van der Waals surface area contributed by atoms with E-state index in [-0.39, 0.29) is 10.8 Å². The Bertz CT molecular complexity index is 2780. The normalized spacial score (nSPS) is 21.4. The van der Waals surface area contributed by atoms with Crippen LogP contribution in [0.5, 0.6) is 0 Å². The van der Waals surface area contributed by atoms with Crippen molar-refractivity contribution in [2.75, 3.05) is 9.80 Å². The molecule has 5 aromatic rings. The molecule has 0 radical (unpaired) electrons. The Morgan fingerprint density at radius 3 is 1.83 bits per heavy atom. The zero-order valence-corrected chi connectivity index (χ0v) is 34.2. The maximum atomic E-state index is 2.61. The largest absolute Gasteiger partial charge is 0.314 e. The average molecular weight is 751 g/mol. The van der Waals surface area contributed by atoms with Gasteiger partial charge in [0.2, 0.25) is 0 Å². The second kappa shape index (κ2) is 12.3. The predicted molar refractivity (Wildman–Crippen MR) is 242 cm³/mol. The number of rotatable bonds is 2. The lowest BCUT2D eigenvalue weighted by Crippen LogP contribution is -2.22. The molecule has 5 aromatic carbocycles. The Morgan fingerprint density at radius 2 is 1.14 bits per heavy atom. The molecule has 0 saturated heterocycles. The first kappa shape index (κ1) is 34.2. The van der Waals surface area contributed by atoms with Crippen LogP contribution in [0.3, 0.4) is 0 Å². The van der Waals surface area contributed by atoms with Crippen LogP contribution in [0.1, 0.15) is 92.3 Å². The van der Waals surface area contributed by atoms with Crippen LogP contribution < -0.4 is 9.80 Å². The Balaban J connectivity index is 0.966. The van der Waals surface area contributed by atoms with E-state index in [9.17, 15) is 0 Å². The summed E-state index contributed by atoms with van der Waals surface area (Å²) in [6.07, 6.45) is 19.9. The van der Waals surface area contributed by atoms with Crippen molar-refractivity contribution < 1.29 is 0 Å². The topological polar surface area (TPSA) is 6.48 Å². The number of allylic oxidation sites excluding steroid dienone is 12. The lowest BCUT2D eigenvalue weighted by atomic mass is 9.70. The molecule has 58 heavy (non-hydrogen) atoms. The van der Waals surface area contributed by atoms with E-state index in [0.29, 0.717) is 5.92 Å². The van der Waals surface area contributed by atoms with Crippen molar-refractivity contribution in [2.45, 2.75) is 83.5 Å². The van der Waals surface area contributed by atoms with Gasteiger partial charge in [0.05, 0.1) is 0 Å². The molecule has 0 saturated carbocycles. The molecule has 7 aliphatic rings. The van der Waals surface area contributed by atoms with Crippen LogP contribution in [-0.4, -0.2) is 0 Å². The van der Waals surface area contributed by atoms with Gasteiger partial charge >= 0.3 is 0 Å². The zero-order valence-electron chi connectivity index (χ0n) is 34.2. The third kappa shape index (κ3) is 4.72. The molecule has 5 aliphatic carbocycles. The van der Waals surface area contributed by atoms with Gasteiger partial charge in [-0.25, -0.2) is 0 Å². The summed E-state index contributed by atoms with van der Waals surface area (Å²) in [5, 5.41) is 0. The summed E-state index contributed by atoms with van der Waals surface area (Å²) < 4.78 is 0. The highest BCUT2D eigenvalue weighted by Crippen LogP contribution is 2.61. The van der Waals surface area contributed by atoms with Crippen LogP contribution >= 0.6 is 0 Å². The second-order valence-electron chi connectivity index (χ2n) is 18.6. The highest BCUT2D eigenvalue weighted by Gasteiger charge is 2.47. The summed E-state index contributed by atoms with van der Waals surface area (Å²) in [5.74, 6) is 0.340. The van der Waals surface area contributed by atoms with E-state index in [1.165, 1.54) is 101 Å². The minimum atomic E-state index is -0.0981. The summed E-state index contributed by atoms with van der Waals surface area (Å²) in [7, 11) is 0. The van der Waals surface area contributed by atoms with E-state index in [1.807, 2.05) is 0 Å². The van der Waals surface area contributed by atoms with Gasteiger partial charge in [-0.2, -0.15) is 0 Å². The van der Waals surface area contributed by atoms with E-state index in [1.54, 1.807) is 5.57 Å². The first-order chi connectivity index (χ1) is 28.3. The molecule has 2 nitrogen and oxygen atoms in total. The maximum Gasteiger partial charge on any atom is 0.0493 e. The number of aryl methyl sites for hydroxylation is 3. The standard InChI is InChI=1S/C56H50N2/c1-55(2)45-31-29-42-41(53(45)43-27-25-39(33-47(43)55)57-49-17-9-5-13-35(49)21-22-36-14-6-10-18-50(36)57)30-32-46-54(42)44-28-26-40(34-48(44)56(46,3)4)58-51-19-11-7-15-37(51)23-24-38-16-8-12-20-52(38)58/h5-11,13-19,25-28,30-34,42H,12,20-24,29H2,1-4H3. The van der Waals surface area contributed by atoms with Gasteiger partial charge in [-0.1, -0.05) is 125 Å². The number of anilines is 5. The van der Waals surface area contributed by atoms with Crippen LogP contribution in [0.2, 0.25) is 0 Å². The first-order valence-corrected chi connectivity index (χ1v) is 21.7. The number of hydrogen-bond donors (Lipinski definition) is 0. The summed E-state index contributed by atoms with van der Waals surface area (Å²) in [4.78, 5) is 5.14. The zero-order chi connectivity index (χ0) is 38.9. The SMILES string of the molecule is CC1(C)C2=CCC3C(=C2c2ccc(N4c5ccccc5CCc5ccccc54)cc21)C=CC1=C3c2ccc(N3C4=C(C=CCC4)CCc4ccccc43)cc2C1(C)C. The minimum Gasteiger partial charge on any atom is -0.314 e. The smallest absolute Gasteiger partial charge is 0.0493 e. The first-order valence-electron chi connectivity index (χ1n) is 21.7. The molecular weight excluding hydrogens is 701 g/mol. The average Bonchev–Trinajstić information content (AvgIpc) is 3.44. The maximum absolute atomic E-state index is 2.61. The molecule has 284 valence electrons. The van der Waals surface area contributed by atoms with Crippen molar-refractivity contribution >= 4 is 39.6 Å². The molecule has 1 atom stereocenters. The molecule has 0 aromatic heterocycles. The van der Waals surface area contributed by atoms with E-state index >= 15 is 0 Å². The van der Waals surface area contributed by atoms with Crippen LogP contribution in [0.4, 0.5) is 28.4 Å². The third-order valence-corrected chi connectivity index (χ3v) is 14.9. The van der Waals surface area contributed by atoms with Crippen LogP contribution in [0.15, 0.2) is 168 Å². The molecular formula is C56H50N2. The van der Waals surface area contributed by atoms with Crippen molar-refractivity contribution in [2.24, 2.45) is 5.92 Å². The fourth-order valence-corrected chi connectivity index (χ4v) is 12.0. The van der Waals surface area contributed by atoms with Crippen molar-refractivity contribution in [3.8, 4) is 0 Å². The van der Waals surface area contributed by atoms with Gasteiger partial charge in [0.25, 0.3) is 0 Å². The summed E-state index contributed by atoms with van der Waals surface area (Å²) in [5.41, 5.74) is 26.8. The fourth-order valence-electron chi connectivity index (χ4n) is 12.0. The Hall–Kier alpha value is -5.86. The van der Waals surface area contributed by atoms with E-state index < -0.39 is 0 Å². The second-order valence-corrected chi connectivity index (χ2v) is 18.6. The molecule has 2 aliphatic heterocycles. The fraction of sp³-hybridized carbons (Fsp3) is 0.250. The highest BCUT2D eigenvalue weighted by atomic mass is 15.2. The van der Waals surface area contributed by atoms with Gasteiger partial charge in [-0.3, -0.25) is 0 Å². The van der Waals surface area contributed by atoms with Crippen LogP contribution in [-0.2, 0) is 30.1 Å². The predicted octanol–water partition coefficient (Wildman–Crippen LogP) is 14.2. The lowest BCUT2D eigenvalue weighted by molar-refractivity contribution is 0.639. The van der Waals surface area contributed by atoms with E-state index in [2.05, 4.69) is 177 Å². The van der Waals surface area contributed by atoms with Gasteiger partial charge in [0.1, 0.15) is 0 Å². The van der Waals surface area contributed by atoms with E-state index in [4.69, 9.17) is 0 Å².